The summed E-state index contributed by atoms with van der Waals surface area (Å²) in [6, 6.07) is 4.89. The minimum atomic E-state index is -0.804. The maximum absolute atomic E-state index is 12.8. The smallest absolute Gasteiger partial charge is 0.337 e. The molecule has 0 unspecified atom stereocenters. The molecule has 2 atom stereocenters. The Labute approximate surface area is 195 Å². The van der Waals surface area contributed by atoms with Gasteiger partial charge < -0.3 is 26.9 Å². The molecule has 0 aliphatic carbocycles. The van der Waals surface area contributed by atoms with E-state index < -0.39 is 41.7 Å². The quantitative estimate of drug-likeness (QED) is 0.239. The third-order valence-corrected chi connectivity index (χ3v) is 4.89. The number of carbonyl (C=O) groups excluding carboxylic acids is 6. The van der Waals surface area contributed by atoms with Crippen molar-refractivity contribution >= 4 is 41.2 Å². The van der Waals surface area contributed by atoms with Crippen molar-refractivity contribution in [2.24, 2.45) is 17.4 Å². The number of hydroxylamine groups is 2. The zero-order chi connectivity index (χ0) is 25.3. The first kappa shape index (κ1) is 26.2. The van der Waals surface area contributed by atoms with Crippen LogP contribution in [0.25, 0.3) is 0 Å². The van der Waals surface area contributed by atoms with Crippen molar-refractivity contribution in [3.8, 4) is 0 Å². The molecule has 0 bridgehead atoms. The van der Waals surface area contributed by atoms with Gasteiger partial charge in [-0.3, -0.25) is 19.2 Å². The van der Waals surface area contributed by atoms with Crippen molar-refractivity contribution < 1.29 is 33.6 Å². The average molecular weight is 473 g/mol. The third-order valence-electron chi connectivity index (χ3n) is 4.89. The van der Waals surface area contributed by atoms with Gasteiger partial charge in [-0.05, 0) is 37.5 Å². The molecule has 182 valence electrons. The van der Waals surface area contributed by atoms with E-state index >= 15 is 0 Å². The summed E-state index contributed by atoms with van der Waals surface area (Å²) in [5, 5.41) is 5.53. The zero-order valence-corrected chi connectivity index (χ0v) is 18.6. The number of anilines is 1. The van der Waals surface area contributed by atoms with Gasteiger partial charge in [0, 0.05) is 36.7 Å². The Balaban J connectivity index is 1.93. The van der Waals surface area contributed by atoms with Crippen LogP contribution in [0.4, 0.5) is 10.5 Å². The predicted molar refractivity (Wildman–Crippen MR) is 119 cm³/mol. The molecule has 0 fully saturated rings. The number of primary amides is 1. The van der Waals surface area contributed by atoms with E-state index in [9.17, 15) is 28.8 Å². The van der Waals surface area contributed by atoms with Gasteiger partial charge in [0.1, 0.15) is 5.78 Å². The number of amides is 5. The van der Waals surface area contributed by atoms with E-state index in [0.29, 0.717) is 29.2 Å². The molecule has 1 aromatic carbocycles. The van der Waals surface area contributed by atoms with Crippen molar-refractivity contribution in [2.75, 3.05) is 11.9 Å². The van der Waals surface area contributed by atoms with Gasteiger partial charge in [0.25, 0.3) is 11.8 Å². The molecule has 0 radical (unpaired) electrons. The summed E-state index contributed by atoms with van der Waals surface area (Å²) in [4.78, 5) is 75.3. The molecule has 12 nitrogen and oxygen atoms in total. The molecule has 0 aromatic heterocycles. The Kier molecular flexibility index (Phi) is 9.44. The van der Waals surface area contributed by atoms with Crippen LogP contribution < -0.4 is 22.1 Å². The minimum absolute atomic E-state index is 0.0488. The first-order valence-corrected chi connectivity index (χ1v) is 10.5. The van der Waals surface area contributed by atoms with E-state index in [2.05, 4.69) is 10.6 Å². The van der Waals surface area contributed by atoms with Crippen molar-refractivity contribution in [3.63, 3.8) is 0 Å². The van der Waals surface area contributed by atoms with Crippen LogP contribution in [0, 0.1) is 5.92 Å². The van der Waals surface area contributed by atoms with Crippen molar-refractivity contribution in [3.05, 3.63) is 42.0 Å². The number of hydrogen-bond donors (Lipinski definition) is 4. The molecule has 0 saturated carbocycles. The van der Waals surface area contributed by atoms with E-state index in [1.165, 1.54) is 0 Å². The molecule has 0 spiro atoms. The van der Waals surface area contributed by atoms with E-state index in [1.807, 2.05) is 0 Å². The summed E-state index contributed by atoms with van der Waals surface area (Å²) in [7, 11) is 0. The van der Waals surface area contributed by atoms with E-state index in [4.69, 9.17) is 16.3 Å². The number of rotatable bonds is 12. The van der Waals surface area contributed by atoms with Crippen LogP contribution in [0.2, 0.25) is 0 Å². The number of ketones is 1. The lowest BCUT2D eigenvalue weighted by Gasteiger charge is -2.17. The van der Waals surface area contributed by atoms with Crippen LogP contribution in [0.15, 0.2) is 36.4 Å². The van der Waals surface area contributed by atoms with Crippen LogP contribution in [-0.4, -0.2) is 53.2 Å². The molecule has 6 N–H and O–H groups in total. The molecule has 1 heterocycles. The lowest BCUT2D eigenvalue weighted by atomic mass is 9.93. The largest absolute Gasteiger partial charge is 0.352 e. The van der Waals surface area contributed by atoms with Crippen molar-refractivity contribution in [2.45, 2.75) is 38.6 Å². The maximum atomic E-state index is 12.8. The standard InChI is InChI=1S/C22H27N5O7/c1-13(23)17(28)12-15(3-2-10-25-22(24)33)21(32)26-16-6-4-14(5-7-16)11-20(31)34-27-18(29)8-9-19(27)30/h4-9,13,15H,2-3,10-12,23H2,1H3,(H,26,32)(H3,24,25,33)/t13-,15+/m0/s1. The number of urea groups is 1. The molecule has 0 saturated heterocycles. The fraction of sp³-hybridized carbons (Fsp3) is 0.364. The maximum Gasteiger partial charge on any atom is 0.337 e. The zero-order valence-electron chi connectivity index (χ0n) is 18.6. The first-order valence-electron chi connectivity index (χ1n) is 10.5. The molecule has 1 aliphatic rings. The highest BCUT2D eigenvalue weighted by molar-refractivity contribution is 6.12. The van der Waals surface area contributed by atoms with Gasteiger partial charge in [0.15, 0.2) is 0 Å². The Bertz CT molecular complexity index is 970. The van der Waals surface area contributed by atoms with Crippen molar-refractivity contribution in [1.29, 1.82) is 0 Å². The molecule has 1 aliphatic heterocycles. The number of nitrogens with zero attached hydrogens (tertiary/aromatic N) is 1. The van der Waals surface area contributed by atoms with Gasteiger partial charge in [-0.25, -0.2) is 9.59 Å². The van der Waals surface area contributed by atoms with Gasteiger partial charge >= 0.3 is 12.0 Å². The fourth-order valence-electron chi connectivity index (χ4n) is 3.04. The summed E-state index contributed by atoms with van der Waals surface area (Å²) in [5.74, 6) is -3.59. The fourth-order valence-corrected chi connectivity index (χ4v) is 3.04. The van der Waals surface area contributed by atoms with Gasteiger partial charge in [-0.15, -0.1) is 0 Å². The number of imide groups is 1. The SMILES string of the molecule is C[C@H](N)C(=O)C[C@@H](CCCNC(N)=O)C(=O)Nc1ccc(CC(=O)ON2C(=O)C=CC2=O)cc1. The monoisotopic (exact) mass is 473 g/mol. The molecular formula is C22H27N5O7. The summed E-state index contributed by atoms with van der Waals surface area (Å²) in [5.41, 5.74) is 11.6. The lowest BCUT2D eigenvalue weighted by Crippen LogP contribution is -2.34. The summed E-state index contributed by atoms with van der Waals surface area (Å²) < 4.78 is 0. The predicted octanol–water partition coefficient (Wildman–Crippen LogP) is -0.0781. The molecule has 12 heteroatoms. The second-order valence-electron chi connectivity index (χ2n) is 7.72. The van der Waals surface area contributed by atoms with Crippen molar-refractivity contribution in [1.82, 2.24) is 10.4 Å². The molecular weight excluding hydrogens is 446 g/mol. The highest BCUT2D eigenvalue weighted by Gasteiger charge is 2.28. The highest BCUT2D eigenvalue weighted by Crippen LogP contribution is 2.18. The second-order valence-corrected chi connectivity index (χ2v) is 7.72. The van der Waals surface area contributed by atoms with Crippen LogP contribution >= 0.6 is 0 Å². The van der Waals surface area contributed by atoms with Gasteiger partial charge in [-0.2, -0.15) is 0 Å². The Hall–Kier alpha value is -4.06. The van der Waals surface area contributed by atoms with Gasteiger partial charge in [-0.1, -0.05) is 17.2 Å². The van der Waals surface area contributed by atoms with Crippen LogP contribution in [0.3, 0.4) is 0 Å². The Morgan fingerprint density at radius 3 is 2.24 bits per heavy atom. The van der Waals surface area contributed by atoms with Crippen LogP contribution in [0.5, 0.6) is 0 Å². The topological polar surface area (TPSA) is 191 Å². The van der Waals surface area contributed by atoms with Crippen LogP contribution in [-0.2, 0) is 35.2 Å². The normalized spacial score (nSPS) is 14.5. The van der Waals surface area contributed by atoms with E-state index in [0.717, 1.165) is 12.2 Å². The minimum Gasteiger partial charge on any atom is -0.352 e. The first-order chi connectivity index (χ1) is 16.1. The summed E-state index contributed by atoms with van der Waals surface area (Å²) in [6.45, 7) is 1.81. The summed E-state index contributed by atoms with van der Waals surface area (Å²) in [6.07, 6.45) is 2.51. The number of hydrogen-bond acceptors (Lipinski definition) is 8. The number of carbonyl (C=O) groups is 6. The van der Waals surface area contributed by atoms with Gasteiger partial charge in [0.05, 0.1) is 12.5 Å². The summed E-state index contributed by atoms with van der Waals surface area (Å²) >= 11 is 0. The highest BCUT2D eigenvalue weighted by atomic mass is 16.7. The lowest BCUT2D eigenvalue weighted by molar-refractivity contribution is -0.195. The van der Waals surface area contributed by atoms with E-state index in [-0.39, 0.29) is 25.2 Å². The van der Waals surface area contributed by atoms with Gasteiger partial charge in [0.2, 0.25) is 5.91 Å². The second kappa shape index (κ2) is 12.3. The number of benzene rings is 1. The molecule has 2 rings (SSSR count). The third kappa shape index (κ3) is 8.13. The average Bonchev–Trinajstić information content (AvgIpc) is 3.08. The molecule has 5 amide bonds. The number of nitrogens with two attached hydrogens (primary N) is 2. The Morgan fingerprint density at radius 2 is 1.68 bits per heavy atom. The Morgan fingerprint density at radius 1 is 1.06 bits per heavy atom. The number of nitrogens with one attached hydrogen (secondary N) is 2. The molecule has 1 aromatic rings. The number of Topliss-reactive ketones (excluding diaryl/α,β-unsaturated/α-hetero) is 1. The van der Waals surface area contributed by atoms with Crippen LogP contribution in [0.1, 0.15) is 31.7 Å². The molecule has 34 heavy (non-hydrogen) atoms. The van der Waals surface area contributed by atoms with E-state index in [1.54, 1.807) is 31.2 Å².